The molecule has 1 N–H and O–H groups in total. The van der Waals surface area contributed by atoms with E-state index in [2.05, 4.69) is 5.32 Å². The zero-order valence-corrected chi connectivity index (χ0v) is 16.1. The first kappa shape index (κ1) is 19.8. The fourth-order valence-corrected chi connectivity index (χ4v) is 2.64. The van der Waals surface area contributed by atoms with Gasteiger partial charge in [0.15, 0.2) is 6.10 Å². The molecule has 6 heteroatoms. The Hall–Kier alpha value is -2.53. The Morgan fingerprint density at radius 2 is 1.85 bits per heavy atom. The van der Waals surface area contributed by atoms with Gasteiger partial charge >= 0.3 is 0 Å². The van der Waals surface area contributed by atoms with Crippen LogP contribution in [-0.2, 0) is 9.59 Å². The molecule has 2 aromatic carbocycles. The van der Waals surface area contributed by atoms with Crippen molar-refractivity contribution in [3.05, 3.63) is 58.6 Å². The van der Waals surface area contributed by atoms with Crippen LogP contribution >= 0.6 is 11.6 Å². The molecule has 2 aromatic rings. The summed E-state index contributed by atoms with van der Waals surface area (Å²) in [5, 5.41) is 3.27. The molecule has 0 aromatic heterocycles. The molecule has 0 heterocycles. The second-order valence-electron chi connectivity index (χ2n) is 6.18. The van der Waals surface area contributed by atoms with Crippen LogP contribution < -0.4 is 10.1 Å². The molecule has 0 spiro atoms. The number of aryl methyl sites for hydroxylation is 1. The van der Waals surface area contributed by atoms with E-state index in [0.29, 0.717) is 10.8 Å². The maximum Gasteiger partial charge on any atom is 0.263 e. The number of likely N-dealkylation sites (N-methyl/N-ethyl adjacent to an activating group) is 1. The van der Waals surface area contributed by atoms with Crippen molar-refractivity contribution in [1.29, 1.82) is 0 Å². The van der Waals surface area contributed by atoms with Gasteiger partial charge in [-0.2, -0.15) is 0 Å². The van der Waals surface area contributed by atoms with Crippen LogP contribution in [0.5, 0.6) is 5.75 Å². The molecule has 0 fully saturated rings. The first-order chi connectivity index (χ1) is 12.3. The van der Waals surface area contributed by atoms with Crippen LogP contribution in [0.25, 0.3) is 0 Å². The summed E-state index contributed by atoms with van der Waals surface area (Å²) in [6.07, 6.45) is -0.756. The minimum atomic E-state index is -0.756. The van der Waals surface area contributed by atoms with E-state index in [1.165, 1.54) is 4.90 Å². The summed E-state index contributed by atoms with van der Waals surface area (Å²) < 4.78 is 5.61. The van der Waals surface area contributed by atoms with Crippen LogP contribution in [-0.4, -0.2) is 36.4 Å². The Bertz CT molecular complexity index is 807. The van der Waals surface area contributed by atoms with Crippen molar-refractivity contribution in [3.63, 3.8) is 0 Å². The lowest BCUT2D eigenvalue weighted by molar-refractivity contribution is -0.139. The molecule has 0 aliphatic rings. The number of carbonyl (C=O) groups is 2. The maximum atomic E-state index is 12.4. The molecule has 138 valence electrons. The van der Waals surface area contributed by atoms with E-state index in [1.54, 1.807) is 38.2 Å². The van der Waals surface area contributed by atoms with Crippen molar-refractivity contribution < 1.29 is 14.3 Å². The monoisotopic (exact) mass is 374 g/mol. The molecule has 0 radical (unpaired) electrons. The lowest BCUT2D eigenvalue weighted by Gasteiger charge is -2.22. The summed E-state index contributed by atoms with van der Waals surface area (Å²) in [6, 6.07) is 12.6. The average molecular weight is 375 g/mol. The van der Waals surface area contributed by atoms with Crippen LogP contribution in [0.15, 0.2) is 42.5 Å². The van der Waals surface area contributed by atoms with Gasteiger partial charge in [-0.15, -0.1) is 0 Å². The quantitative estimate of drug-likeness (QED) is 0.836. The van der Waals surface area contributed by atoms with Crippen LogP contribution in [0.3, 0.4) is 0 Å². The second-order valence-corrected chi connectivity index (χ2v) is 6.59. The molecule has 1 unspecified atom stereocenters. The SMILES string of the molecule is Cc1cccc(NC(=O)CN(C)C(=O)C(C)Oc2ccccc2Cl)c1C. The van der Waals surface area contributed by atoms with Gasteiger partial charge in [-0.3, -0.25) is 9.59 Å². The number of amides is 2. The highest BCUT2D eigenvalue weighted by atomic mass is 35.5. The van der Waals surface area contributed by atoms with Crippen molar-refractivity contribution >= 4 is 29.1 Å². The smallest absolute Gasteiger partial charge is 0.263 e. The minimum Gasteiger partial charge on any atom is -0.479 e. The Morgan fingerprint density at radius 3 is 2.54 bits per heavy atom. The molecule has 2 amide bonds. The number of nitrogens with zero attached hydrogens (tertiary/aromatic N) is 1. The summed E-state index contributed by atoms with van der Waals surface area (Å²) in [5.41, 5.74) is 2.84. The number of benzene rings is 2. The standard InChI is InChI=1S/C20H23ClN2O3/c1-13-8-7-10-17(14(13)2)22-19(24)12-23(4)20(25)15(3)26-18-11-6-5-9-16(18)21/h5-11,15H,12H2,1-4H3,(H,22,24). The van der Waals surface area contributed by atoms with Crippen LogP contribution in [0.2, 0.25) is 5.02 Å². The van der Waals surface area contributed by atoms with Crippen LogP contribution in [0.1, 0.15) is 18.1 Å². The molecule has 5 nitrogen and oxygen atoms in total. The van der Waals surface area contributed by atoms with Crippen molar-refractivity contribution in [1.82, 2.24) is 4.90 Å². The molecule has 0 aliphatic heterocycles. The maximum absolute atomic E-state index is 12.4. The zero-order chi connectivity index (χ0) is 19.3. The van der Waals surface area contributed by atoms with Gasteiger partial charge in [-0.1, -0.05) is 35.9 Å². The van der Waals surface area contributed by atoms with E-state index < -0.39 is 6.10 Å². The number of rotatable bonds is 6. The molecular formula is C20H23ClN2O3. The molecular weight excluding hydrogens is 352 g/mol. The van der Waals surface area contributed by atoms with E-state index in [1.807, 2.05) is 32.0 Å². The van der Waals surface area contributed by atoms with E-state index in [0.717, 1.165) is 16.8 Å². The zero-order valence-electron chi connectivity index (χ0n) is 15.4. The third kappa shape index (κ3) is 4.99. The van der Waals surface area contributed by atoms with Gasteiger partial charge in [-0.25, -0.2) is 0 Å². The highest BCUT2D eigenvalue weighted by Gasteiger charge is 2.22. The third-order valence-corrected chi connectivity index (χ3v) is 4.44. The van der Waals surface area contributed by atoms with Gasteiger partial charge < -0.3 is 15.0 Å². The highest BCUT2D eigenvalue weighted by Crippen LogP contribution is 2.24. The van der Waals surface area contributed by atoms with Crippen molar-refractivity contribution in [2.24, 2.45) is 0 Å². The van der Waals surface area contributed by atoms with E-state index in [-0.39, 0.29) is 18.4 Å². The summed E-state index contributed by atoms with van der Waals surface area (Å²) in [4.78, 5) is 26.0. The first-order valence-electron chi connectivity index (χ1n) is 8.32. The van der Waals surface area contributed by atoms with Gasteiger partial charge in [0.1, 0.15) is 5.75 Å². The Labute approximate surface area is 158 Å². The van der Waals surface area contributed by atoms with E-state index in [4.69, 9.17) is 16.3 Å². The van der Waals surface area contributed by atoms with Gasteiger partial charge in [0.25, 0.3) is 5.91 Å². The Morgan fingerprint density at radius 1 is 1.15 bits per heavy atom. The molecule has 0 saturated carbocycles. The summed E-state index contributed by atoms with van der Waals surface area (Å²) in [6.45, 7) is 5.49. The van der Waals surface area contributed by atoms with Crippen molar-refractivity contribution in [2.75, 3.05) is 18.9 Å². The fraction of sp³-hybridized carbons (Fsp3) is 0.300. The molecule has 0 saturated heterocycles. The first-order valence-corrected chi connectivity index (χ1v) is 8.69. The summed E-state index contributed by atoms with van der Waals surface area (Å²) >= 11 is 6.04. The molecule has 0 aliphatic carbocycles. The average Bonchev–Trinajstić information content (AvgIpc) is 2.60. The predicted molar refractivity (Wildman–Crippen MR) is 104 cm³/mol. The number of carbonyl (C=O) groups excluding carboxylic acids is 2. The molecule has 0 bridgehead atoms. The van der Waals surface area contributed by atoms with E-state index in [9.17, 15) is 9.59 Å². The highest BCUT2D eigenvalue weighted by molar-refractivity contribution is 6.32. The molecule has 2 rings (SSSR count). The van der Waals surface area contributed by atoms with Crippen molar-refractivity contribution in [3.8, 4) is 5.75 Å². The Kier molecular flexibility index (Phi) is 6.64. The summed E-state index contributed by atoms with van der Waals surface area (Å²) in [5.74, 6) is -0.135. The lowest BCUT2D eigenvalue weighted by atomic mass is 10.1. The second kappa shape index (κ2) is 8.72. The van der Waals surface area contributed by atoms with Crippen molar-refractivity contribution in [2.45, 2.75) is 26.9 Å². The van der Waals surface area contributed by atoms with E-state index >= 15 is 0 Å². The number of hydrogen-bond acceptors (Lipinski definition) is 3. The summed E-state index contributed by atoms with van der Waals surface area (Å²) in [7, 11) is 1.57. The topological polar surface area (TPSA) is 58.6 Å². The molecule has 26 heavy (non-hydrogen) atoms. The minimum absolute atomic E-state index is 0.0670. The van der Waals surface area contributed by atoms with Gasteiger partial charge in [0.2, 0.25) is 5.91 Å². The third-order valence-electron chi connectivity index (χ3n) is 4.12. The normalized spacial score (nSPS) is 11.6. The number of ether oxygens (including phenoxy) is 1. The largest absolute Gasteiger partial charge is 0.479 e. The van der Waals surface area contributed by atoms with Gasteiger partial charge in [0.05, 0.1) is 11.6 Å². The molecule has 1 atom stereocenters. The fourth-order valence-electron chi connectivity index (χ4n) is 2.46. The Balaban J connectivity index is 1.94. The number of halogens is 1. The van der Waals surface area contributed by atoms with Crippen LogP contribution in [0, 0.1) is 13.8 Å². The van der Waals surface area contributed by atoms with Gasteiger partial charge in [-0.05, 0) is 50.1 Å². The van der Waals surface area contributed by atoms with Gasteiger partial charge in [0, 0.05) is 12.7 Å². The number of anilines is 1. The lowest BCUT2D eigenvalue weighted by Crippen LogP contribution is -2.42. The van der Waals surface area contributed by atoms with Crippen LogP contribution in [0.4, 0.5) is 5.69 Å². The number of nitrogens with one attached hydrogen (secondary N) is 1. The predicted octanol–water partition coefficient (Wildman–Crippen LogP) is 3.82. The number of hydrogen-bond donors (Lipinski definition) is 1. The number of para-hydroxylation sites is 1.